The van der Waals surface area contributed by atoms with Crippen molar-refractivity contribution in [3.63, 3.8) is 0 Å². The second-order valence-corrected chi connectivity index (χ2v) is 6.68. The molecule has 3 N–H and O–H groups in total. The van der Waals surface area contributed by atoms with E-state index in [-0.39, 0.29) is 17.9 Å². The van der Waals surface area contributed by atoms with Gasteiger partial charge in [0, 0.05) is 18.9 Å². The van der Waals surface area contributed by atoms with E-state index in [2.05, 4.69) is 17.6 Å². The first kappa shape index (κ1) is 15.8. The molecule has 0 spiro atoms. The summed E-state index contributed by atoms with van der Waals surface area (Å²) in [6, 6.07) is 0. The number of hydrogen-bond acceptors (Lipinski definition) is 3. The highest BCUT2D eigenvalue weighted by atomic mass is 16.3. The van der Waals surface area contributed by atoms with Crippen molar-refractivity contribution in [2.24, 2.45) is 17.8 Å². The fourth-order valence-electron chi connectivity index (χ4n) is 3.62. The summed E-state index contributed by atoms with van der Waals surface area (Å²) < 4.78 is 0. The second-order valence-electron chi connectivity index (χ2n) is 6.68. The average Bonchev–Trinajstić information content (AvgIpc) is 2.47. The van der Waals surface area contributed by atoms with Crippen LogP contribution in [0.1, 0.15) is 51.9 Å². The summed E-state index contributed by atoms with van der Waals surface area (Å²) in [6.07, 6.45) is 7.04. The number of aliphatic hydroxyl groups excluding tert-OH is 1. The molecule has 0 aromatic heterocycles. The number of carbonyl (C=O) groups excluding carboxylic acids is 1. The highest BCUT2D eigenvalue weighted by Crippen LogP contribution is 2.25. The third kappa shape index (κ3) is 4.74. The lowest BCUT2D eigenvalue weighted by Crippen LogP contribution is -2.38. The Morgan fingerprint density at radius 1 is 1.25 bits per heavy atom. The van der Waals surface area contributed by atoms with Crippen LogP contribution in [0.4, 0.5) is 0 Å². The first-order valence-corrected chi connectivity index (χ1v) is 8.32. The highest BCUT2D eigenvalue weighted by Gasteiger charge is 2.25. The van der Waals surface area contributed by atoms with Gasteiger partial charge in [-0.1, -0.05) is 19.8 Å². The van der Waals surface area contributed by atoms with E-state index in [4.69, 9.17) is 0 Å². The monoisotopic (exact) mass is 282 g/mol. The van der Waals surface area contributed by atoms with Gasteiger partial charge in [0.2, 0.25) is 5.91 Å². The maximum absolute atomic E-state index is 12.0. The van der Waals surface area contributed by atoms with Crippen LogP contribution < -0.4 is 10.6 Å². The molecule has 4 nitrogen and oxygen atoms in total. The van der Waals surface area contributed by atoms with Gasteiger partial charge in [0.1, 0.15) is 0 Å². The van der Waals surface area contributed by atoms with Gasteiger partial charge in [0.25, 0.3) is 0 Å². The lowest BCUT2D eigenvalue weighted by atomic mass is 9.83. The quantitative estimate of drug-likeness (QED) is 0.719. The molecule has 3 atom stereocenters. The van der Waals surface area contributed by atoms with E-state index >= 15 is 0 Å². The Balaban J connectivity index is 1.66. The van der Waals surface area contributed by atoms with Gasteiger partial charge < -0.3 is 15.7 Å². The predicted molar refractivity (Wildman–Crippen MR) is 80.3 cm³/mol. The molecule has 0 aromatic carbocycles. The number of hydrogen-bond donors (Lipinski definition) is 3. The molecule has 0 aromatic rings. The maximum Gasteiger partial charge on any atom is 0.220 e. The molecular weight excluding hydrogens is 252 g/mol. The molecular formula is C16H30N2O2. The van der Waals surface area contributed by atoms with Gasteiger partial charge in [-0.15, -0.1) is 0 Å². The molecule has 2 aliphatic rings. The zero-order valence-electron chi connectivity index (χ0n) is 12.7. The van der Waals surface area contributed by atoms with Gasteiger partial charge in [-0.2, -0.15) is 0 Å². The van der Waals surface area contributed by atoms with E-state index in [1.165, 1.54) is 19.3 Å². The molecule has 1 saturated heterocycles. The zero-order chi connectivity index (χ0) is 14.4. The summed E-state index contributed by atoms with van der Waals surface area (Å²) in [4.78, 5) is 12.0. The molecule has 0 radical (unpaired) electrons. The van der Waals surface area contributed by atoms with Crippen LogP contribution in [0.5, 0.6) is 0 Å². The average molecular weight is 282 g/mol. The Morgan fingerprint density at radius 2 is 1.95 bits per heavy atom. The van der Waals surface area contributed by atoms with Crippen molar-refractivity contribution in [1.82, 2.24) is 10.6 Å². The zero-order valence-corrected chi connectivity index (χ0v) is 12.7. The minimum atomic E-state index is -0.217. The first-order chi connectivity index (χ1) is 9.66. The van der Waals surface area contributed by atoms with Gasteiger partial charge >= 0.3 is 0 Å². The van der Waals surface area contributed by atoms with E-state index in [9.17, 15) is 9.90 Å². The summed E-state index contributed by atoms with van der Waals surface area (Å²) in [5.41, 5.74) is 0. The Hall–Kier alpha value is -0.610. The number of aliphatic hydroxyl groups is 1. The van der Waals surface area contributed by atoms with Crippen molar-refractivity contribution < 1.29 is 9.90 Å². The molecule has 20 heavy (non-hydrogen) atoms. The van der Waals surface area contributed by atoms with E-state index in [1.54, 1.807) is 0 Å². The number of amides is 1. The predicted octanol–water partition coefficient (Wildman–Crippen LogP) is 1.68. The third-order valence-corrected chi connectivity index (χ3v) is 5.13. The maximum atomic E-state index is 12.0. The first-order valence-electron chi connectivity index (χ1n) is 8.32. The molecule has 1 heterocycles. The summed E-state index contributed by atoms with van der Waals surface area (Å²) in [5, 5.41) is 16.3. The van der Waals surface area contributed by atoms with Crippen LogP contribution >= 0.6 is 0 Å². The Bertz CT molecular complexity index is 303. The minimum absolute atomic E-state index is 0.161. The molecule has 2 rings (SSSR count). The molecule has 0 bridgehead atoms. The molecule has 3 unspecified atom stereocenters. The smallest absolute Gasteiger partial charge is 0.220 e. The lowest BCUT2D eigenvalue weighted by molar-refractivity contribution is -0.122. The van der Waals surface area contributed by atoms with Crippen LogP contribution in [0.3, 0.4) is 0 Å². The number of piperidine rings is 1. The fourth-order valence-corrected chi connectivity index (χ4v) is 3.62. The normalized spacial score (nSPS) is 29.9. The Kier molecular flexibility index (Phi) is 6.30. The van der Waals surface area contributed by atoms with Gasteiger partial charge in [-0.05, 0) is 50.6 Å². The molecule has 1 saturated carbocycles. The van der Waals surface area contributed by atoms with E-state index < -0.39 is 0 Å². The van der Waals surface area contributed by atoms with Crippen LogP contribution in [0, 0.1) is 17.8 Å². The lowest BCUT2D eigenvalue weighted by Gasteiger charge is -2.29. The summed E-state index contributed by atoms with van der Waals surface area (Å²) in [7, 11) is 0. The largest absolute Gasteiger partial charge is 0.393 e. The molecule has 1 amide bonds. The minimum Gasteiger partial charge on any atom is -0.393 e. The molecule has 2 fully saturated rings. The Labute approximate surface area is 122 Å². The SMILES string of the molecule is CC(CC(=O)NCC1CCCCC1O)C1CCNCC1. The van der Waals surface area contributed by atoms with Crippen LogP contribution in [0.15, 0.2) is 0 Å². The topological polar surface area (TPSA) is 61.4 Å². The number of nitrogens with one attached hydrogen (secondary N) is 2. The molecule has 4 heteroatoms. The molecule has 116 valence electrons. The van der Waals surface area contributed by atoms with E-state index in [1.807, 2.05) is 0 Å². The van der Waals surface area contributed by atoms with Gasteiger partial charge in [0.15, 0.2) is 0 Å². The third-order valence-electron chi connectivity index (χ3n) is 5.13. The van der Waals surface area contributed by atoms with Crippen molar-refractivity contribution in [1.29, 1.82) is 0 Å². The standard InChI is InChI=1S/C16H30N2O2/c1-12(13-6-8-17-9-7-13)10-16(20)18-11-14-4-2-3-5-15(14)19/h12-15,17,19H,2-11H2,1H3,(H,18,20). The van der Waals surface area contributed by atoms with E-state index in [0.717, 1.165) is 32.4 Å². The Morgan fingerprint density at radius 3 is 2.65 bits per heavy atom. The summed E-state index contributed by atoms with van der Waals surface area (Å²) in [6.45, 7) is 5.03. The van der Waals surface area contributed by atoms with Gasteiger partial charge in [-0.3, -0.25) is 4.79 Å². The van der Waals surface area contributed by atoms with Crippen molar-refractivity contribution in [2.45, 2.75) is 58.0 Å². The van der Waals surface area contributed by atoms with Crippen molar-refractivity contribution >= 4 is 5.91 Å². The molecule has 1 aliphatic heterocycles. The highest BCUT2D eigenvalue weighted by molar-refractivity contribution is 5.76. The van der Waals surface area contributed by atoms with Crippen LogP contribution in [0.25, 0.3) is 0 Å². The summed E-state index contributed by atoms with van der Waals surface area (Å²) in [5.74, 6) is 1.58. The van der Waals surface area contributed by atoms with Crippen LogP contribution in [-0.2, 0) is 4.79 Å². The van der Waals surface area contributed by atoms with Crippen molar-refractivity contribution in [3.05, 3.63) is 0 Å². The summed E-state index contributed by atoms with van der Waals surface area (Å²) >= 11 is 0. The van der Waals surface area contributed by atoms with Gasteiger partial charge in [0.05, 0.1) is 6.10 Å². The molecule has 1 aliphatic carbocycles. The van der Waals surface area contributed by atoms with Crippen LogP contribution in [-0.4, -0.2) is 36.8 Å². The van der Waals surface area contributed by atoms with Crippen molar-refractivity contribution in [3.8, 4) is 0 Å². The van der Waals surface area contributed by atoms with E-state index in [0.29, 0.717) is 24.8 Å². The van der Waals surface area contributed by atoms with Crippen molar-refractivity contribution in [2.75, 3.05) is 19.6 Å². The number of rotatable bonds is 5. The second kappa shape index (κ2) is 7.99. The van der Waals surface area contributed by atoms with Gasteiger partial charge in [-0.25, -0.2) is 0 Å². The fraction of sp³-hybridized carbons (Fsp3) is 0.938. The van der Waals surface area contributed by atoms with Crippen LogP contribution in [0.2, 0.25) is 0 Å². The number of carbonyl (C=O) groups is 1.